The van der Waals surface area contributed by atoms with Crippen molar-refractivity contribution in [3.63, 3.8) is 0 Å². The van der Waals surface area contributed by atoms with Crippen LogP contribution in [0.3, 0.4) is 0 Å². The van der Waals surface area contributed by atoms with Gasteiger partial charge in [0.05, 0.1) is 6.04 Å². The van der Waals surface area contributed by atoms with Gasteiger partial charge < -0.3 is 5.73 Å². The molecule has 0 heterocycles. The molecule has 0 bridgehead atoms. The maximum Gasteiger partial charge on any atom is 0.249 e. The van der Waals surface area contributed by atoms with Gasteiger partial charge in [0.1, 0.15) is 0 Å². The lowest BCUT2D eigenvalue weighted by molar-refractivity contribution is -0.121. The summed E-state index contributed by atoms with van der Waals surface area (Å²) in [5.74, 6) is -0.388. The fourth-order valence-corrected chi connectivity index (χ4v) is 0.703. The molecule has 0 aliphatic carbocycles. The Morgan fingerprint density at radius 3 is 2.91 bits per heavy atom. The predicted molar refractivity (Wildman–Crippen MR) is 41.3 cm³/mol. The molecule has 1 atom stereocenters. The lowest BCUT2D eigenvalue weighted by atomic mass is 10.1. The van der Waals surface area contributed by atoms with Crippen LogP contribution in [0.25, 0.3) is 0 Å². The highest BCUT2D eigenvalue weighted by molar-refractivity contribution is 5.82. The molecular formula is C7H13N3O. The third-order valence-electron chi connectivity index (χ3n) is 1.38. The van der Waals surface area contributed by atoms with Crippen molar-refractivity contribution in [2.24, 2.45) is 5.73 Å². The zero-order valence-corrected chi connectivity index (χ0v) is 6.63. The Labute approximate surface area is 66.4 Å². The number of nitrogens with two attached hydrogens (primary N) is 1. The van der Waals surface area contributed by atoms with Crippen LogP contribution in [0, 0.1) is 11.5 Å². The summed E-state index contributed by atoms with van der Waals surface area (Å²) >= 11 is 0. The van der Waals surface area contributed by atoms with Crippen molar-refractivity contribution in [1.82, 2.24) is 5.32 Å². The Bertz CT molecular complexity index is 162. The molecule has 0 aromatic heterocycles. The van der Waals surface area contributed by atoms with Crippen LogP contribution >= 0.6 is 0 Å². The van der Waals surface area contributed by atoms with Gasteiger partial charge in [0, 0.05) is 0 Å². The average molecular weight is 155 g/mol. The summed E-state index contributed by atoms with van der Waals surface area (Å²) in [7, 11) is 0. The minimum atomic E-state index is -0.533. The summed E-state index contributed by atoms with van der Waals surface area (Å²) in [4.78, 5) is 10.8. The van der Waals surface area contributed by atoms with Gasteiger partial charge in [-0.1, -0.05) is 19.8 Å². The number of hydrogen-bond acceptors (Lipinski definition) is 3. The largest absolute Gasteiger partial charge is 0.320 e. The molecule has 62 valence electrons. The van der Waals surface area contributed by atoms with E-state index in [1.54, 1.807) is 6.19 Å². The van der Waals surface area contributed by atoms with Gasteiger partial charge in [-0.2, -0.15) is 5.26 Å². The SMILES string of the molecule is CCCC[C@H](N)C(=O)NC#N. The van der Waals surface area contributed by atoms with Gasteiger partial charge >= 0.3 is 0 Å². The molecule has 0 aliphatic rings. The maximum atomic E-state index is 10.8. The number of amides is 1. The summed E-state index contributed by atoms with van der Waals surface area (Å²) in [6.45, 7) is 2.02. The molecule has 0 spiro atoms. The number of carbonyl (C=O) groups is 1. The molecule has 0 saturated heterocycles. The van der Waals surface area contributed by atoms with Crippen LogP contribution in [0.5, 0.6) is 0 Å². The van der Waals surface area contributed by atoms with E-state index in [1.807, 2.05) is 12.2 Å². The molecule has 3 N–H and O–H groups in total. The summed E-state index contributed by atoms with van der Waals surface area (Å²) in [5.41, 5.74) is 5.43. The summed E-state index contributed by atoms with van der Waals surface area (Å²) in [6, 6.07) is -0.533. The number of hydrogen-bond donors (Lipinski definition) is 2. The maximum absolute atomic E-state index is 10.8. The van der Waals surface area contributed by atoms with Gasteiger partial charge in [-0.25, -0.2) is 0 Å². The third kappa shape index (κ3) is 4.34. The van der Waals surface area contributed by atoms with E-state index in [0.717, 1.165) is 12.8 Å². The van der Waals surface area contributed by atoms with Crippen LogP contribution < -0.4 is 11.1 Å². The molecule has 4 nitrogen and oxygen atoms in total. The normalized spacial score (nSPS) is 11.7. The van der Waals surface area contributed by atoms with E-state index in [1.165, 1.54) is 0 Å². The van der Waals surface area contributed by atoms with Gasteiger partial charge in [0.2, 0.25) is 5.91 Å². The number of nitrogens with zero attached hydrogens (tertiary/aromatic N) is 1. The van der Waals surface area contributed by atoms with E-state index in [4.69, 9.17) is 11.0 Å². The Hall–Kier alpha value is -1.08. The zero-order valence-electron chi connectivity index (χ0n) is 6.63. The highest BCUT2D eigenvalue weighted by Crippen LogP contribution is 1.97. The fraction of sp³-hybridized carbons (Fsp3) is 0.714. The standard InChI is InChI=1S/C7H13N3O/c1-2-3-4-6(9)7(11)10-5-8/h6H,2-4,9H2,1H3,(H,10,11)/t6-/m0/s1. The van der Waals surface area contributed by atoms with Crippen LogP contribution in [0.15, 0.2) is 0 Å². The Balaban J connectivity index is 3.57. The number of unbranched alkanes of at least 4 members (excludes halogenated alkanes) is 1. The number of carbonyl (C=O) groups excluding carboxylic acids is 1. The Morgan fingerprint density at radius 1 is 1.82 bits per heavy atom. The van der Waals surface area contributed by atoms with Crippen molar-refractivity contribution < 1.29 is 4.79 Å². The van der Waals surface area contributed by atoms with Gasteiger partial charge in [-0.3, -0.25) is 10.1 Å². The van der Waals surface area contributed by atoms with Crippen molar-refractivity contribution >= 4 is 5.91 Å². The summed E-state index contributed by atoms with van der Waals surface area (Å²) < 4.78 is 0. The Kier molecular flexibility index (Phi) is 5.13. The van der Waals surface area contributed by atoms with Gasteiger partial charge in [-0.05, 0) is 6.42 Å². The molecule has 0 radical (unpaired) electrons. The second-order valence-electron chi connectivity index (χ2n) is 2.35. The average Bonchev–Trinajstić information content (AvgIpc) is 2.00. The second-order valence-corrected chi connectivity index (χ2v) is 2.35. The van der Waals surface area contributed by atoms with E-state index in [2.05, 4.69) is 0 Å². The van der Waals surface area contributed by atoms with Crippen LogP contribution in [-0.4, -0.2) is 11.9 Å². The highest BCUT2D eigenvalue weighted by Gasteiger charge is 2.10. The molecule has 0 fully saturated rings. The van der Waals surface area contributed by atoms with Crippen LogP contribution in [0.1, 0.15) is 26.2 Å². The van der Waals surface area contributed by atoms with Crippen LogP contribution in [-0.2, 0) is 4.79 Å². The quantitative estimate of drug-likeness (QED) is 0.446. The molecule has 0 aliphatic heterocycles. The second kappa shape index (κ2) is 5.69. The highest BCUT2D eigenvalue weighted by atomic mass is 16.2. The third-order valence-corrected chi connectivity index (χ3v) is 1.38. The van der Waals surface area contributed by atoms with Gasteiger partial charge in [-0.15, -0.1) is 0 Å². The molecule has 0 saturated carbocycles. The molecule has 1 amide bonds. The van der Waals surface area contributed by atoms with Gasteiger partial charge in [0.15, 0.2) is 6.19 Å². The lowest BCUT2D eigenvalue weighted by Crippen LogP contribution is -2.38. The van der Waals surface area contributed by atoms with Crippen LogP contribution in [0.4, 0.5) is 0 Å². The molecule has 0 rings (SSSR count). The van der Waals surface area contributed by atoms with E-state index < -0.39 is 6.04 Å². The molecule has 4 heteroatoms. The smallest absolute Gasteiger partial charge is 0.249 e. The minimum absolute atomic E-state index is 0.388. The molecular weight excluding hydrogens is 142 g/mol. The lowest BCUT2D eigenvalue weighted by Gasteiger charge is -2.06. The van der Waals surface area contributed by atoms with E-state index >= 15 is 0 Å². The topological polar surface area (TPSA) is 78.9 Å². The fourth-order valence-electron chi connectivity index (χ4n) is 0.703. The van der Waals surface area contributed by atoms with Crippen molar-refractivity contribution in [2.45, 2.75) is 32.2 Å². The van der Waals surface area contributed by atoms with Crippen molar-refractivity contribution in [3.8, 4) is 6.19 Å². The number of nitriles is 1. The van der Waals surface area contributed by atoms with E-state index in [9.17, 15) is 4.79 Å². The molecule has 0 aromatic rings. The van der Waals surface area contributed by atoms with E-state index in [0.29, 0.717) is 6.42 Å². The Morgan fingerprint density at radius 2 is 2.45 bits per heavy atom. The van der Waals surface area contributed by atoms with Crippen LogP contribution in [0.2, 0.25) is 0 Å². The first-order valence-electron chi connectivity index (χ1n) is 3.67. The minimum Gasteiger partial charge on any atom is -0.320 e. The predicted octanol–water partition coefficient (Wildman–Crippen LogP) is 0.101. The first-order valence-corrected chi connectivity index (χ1v) is 3.67. The molecule has 0 unspecified atom stereocenters. The first kappa shape index (κ1) is 9.92. The number of rotatable bonds is 4. The first-order chi connectivity index (χ1) is 5.22. The zero-order chi connectivity index (χ0) is 8.69. The van der Waals surface area contributed by atoms with Crippen molar-refractivity contribution in [1.29, 1.82) is 5.26 Å². The summed E-state index contributed by atoms with van der Waals surface area (Å²) in [5, 5.41) is 10.1. The molecule has 0 aromatic carbocycles. The monoisotopic (exact) mass is 155 g/mol. The number of nitrogens with one attached hydrogen (secondary N) is 1. The van der Waals surface area contributed by atoms with Crippen molar-refractivity contribution in [2.75, 3.05) is 0 Å². The van der Waals surface area contributed by atoms with Crippen molar-refractivity contribution in [3.05, 3.63) is 0 Å². The van der Waals surface area contributed by atoms with E-state index in [-0.39, 0.29) is 5.91 Å². The van der Waals surface area contributed by atoms with Gasteiger partial charge in [0.25, 0.3) is 0 Å². The molecule has 11 heavy (non-hydrogen) atoms. The summed E-state index contributed by atoms with van der Waals surface area (Å²) in [6.07, 6.45) is 4.11.